The van der Waals surface area contributed by atoms with Crippen LogP contribution in [0.2, 0.25) is 0 Å². The monoisotopic (exact) mass is 508 g/mol. The molecule has 0 aliphatic heterocycles. The van der Waals surface area contributed by atoms with Gasteiger partial charge >= 0.3 is 5.97 Å². The van der Waals surface area contributed by atoms with E-state index in [2.05, 4.69) is 10.0 Å². The van der Waals surface area contributed by atoms with Crippen molar-refractivity contribution in [1.82, 2.24) is 0 Å². The van der Waals surface area contributed by atoms with Gasteiger partial charge in [-0.25, -0.2) is 13.2 Å². The van der Waals surface area contributed by atoms with Crippen molar-refractivity contribution >= 4 is 54.7 Å². The number of hydrogen-bond acceptors (Lipinski definition) is 6. The predicted octanol–water partition coefficient (Wildman–Crippen LogP) is 5.69. The van der Waals surface area contributed by atoms with Gasteiger partial charge in [0.15, 0.2) is 0 Å². The van der Waals surface area contributed by atoms with Gasteiger partial charge in [0.2, 0.25) is 0 Å². The van der Waals surface area contributed by atoms with E-state index in [0.717, 1.165) is 15.6 Å². The highest BCUT2D eigenvalue weighted by atomic mass is 32.2. The molecule has 7 nitrogen and oxygen atoms in total. The minimum atomic E-state index is -3.94. The number of amides is 1. The number of aryl methyl sites for hydroxylation is 1. The number of carbonyl (C=O) groups is 2. The lowest BCUT2D eigenvalue weighted by molar-refractivity contribution is 0.0528. The van der Waals surface area contributed by atoms with Crippen molar-refractivity contribution in [2.45, 2.75) is 25.2 Å². The van der Waals surface area contributed by atoms with Gasteiger partial charge in [-0.3, -0.25) is 9.52 Å². The SMILES string of the molecule is CCOC(=O)c1cc(CC)sc1NC(=O)c1cc2ccccc2cc1NS(=O)(=O)c1ccccc1. The minimum Gasteiger partial charge on any atom is -0.462 e. The molecule has 0 spiro atoms. The fraction of sp³-hybridized carbons (Fsp3) is 0.154. The van der Waals surface area contributed by atoms with E-state index < -0.39 is 21.9 Å². The summed E-state index contributed by atoms with van der Waals surface area (Å²) in [5, 5.41) is 4.69. The zero-order valence-corrected chi connectivity index (χ0v) is 20.8. The molecule has 1 aromatic heterocycles. The van der Waals surface area contributed by atoms with Crippen molar-refractivity contribution in [1.29, 1.82) is 0 Å². The van der Waals surface area contributed by atoms with Crippen LogP contribution in [-0.2, 0) is 21.2 Å². The average Bonchev–Trinajstić information content (AvgIpc) is 3.27. The molecule has 0 aliphatic rings. The summed E-state index contributed by atoms with van der Waals surface area (Å²) >= 11 is 1.28. The van der Waals surface area contributed by atoms with Crippen LogP contribution in [0, 0.1) is 0 Å². The number of anilines is 2. The van der Waals surface area contributed by atoms with Crippen LogP contribution < -0.4 is 10.0 Å². The third-order valence-electron chi connectivity index (χ3n) is 5.28. The van der Waals surface area contributed by atoms with E-state index in [4.69, 9.17) is 4.74 Å². The lowest BCUT2D eigenvalue weighted by Crippen LogP contribution is -2.19. The Morgan fingerprint density at radius 2 is 1.54 bits per heavy atom. The maximum atomic E-state index is 13.4. The van der Waals surface area contributed by atoms with Crippen LogP contribution in [0.1, 0.15) is 39.4 Å². The summed E-state index contributed by atoms with van der Waals surface area (Å²) in [6.45, 7) is 3.87. The molecule has 1 heterocycles. The Morgan fingerprint density at radius 3 is 2.20 bits per heavy atom. The number of rotatable bonds is 8. The fourth-order valence-electron chi connectivity index (χ4n) is 3.56. The second kappa shape index (κ2) is 10.3. The van der Waals surface area contributed by atoms with Gasteiger partial charge in [-0.15, -0.1) is 11.3 Å². The van der Waals surface area contributed by atoms with Gasteiger partial charge < -0.3 is 10.1 Å². The lowest BCUT2D eigenvalue weighted by Gasteiger charge is -2.14. The summed E-state index contributed by atoms with van der Waals surface area (Å²) < 4.78 is 33.7. The number of sulfonamides is 1. The second-order valence-electron chi connectivity index (χ2n) is 7.65. The highest BCUT2D eigenvalue weighted by Crippen LogP contribution is 2.32. The number of carbonyl (C=O) groups excluding carboxylic acids is 2. The van der Waals surface area contributed by atoms with E-state index in [1.165, 1.54) is 23.5 Å². The molecule has 4 rings (SSSR count). The van der Waals surface area contributed by atoms with Gasteiger partial charge in [0.05, 0.1) is 28.3 Å². The summed E-state index contributed by atoms with van der Waals surface area (Å²) in [6.07, 6.45) is 0.686. The zero-order valence-electron chi connectivity index (χ0n) is 19.2. The highest BCUT2D eigenvalue weighted by molar-refractivity contribution is 7.92. The zero-order chi connectivity index (χ0) is 25.0. The third-order valence-corrected chi connectivity index (χ3v) is 7.86. The third kappa shape index (κ3) is 5.36. The van der Waals surface area contributed by atoms with Crippen molar-refractivity contribution in [3.63, 3.8) is 0 Å². The molecule has 9 heteroatoms. The number of hydrogen-bond donors (Lipinski definition) is 2. The fourth-order valence-corrected chi connectivity index (χ4v) is 5.63. The van der Waals surface area contributed by atoms with Crippen LogP contribution in [0.25, 0.3) is 10.8 Å². The van der Waals surface area contributed by atoms with Gasteiger partial charge in [0, 0.05) is 4.88 Å². The quantitative estimate of drug-likeness (QED) is 0.298. The maximum Gasteiger partial charge on any atom is 0.341 e. The topological polar surface area (TPSA) is 102 Å². The average molecular weight is 509 g/mol. The van der Waals surface area contributed by atoms with Crippen molar-refractivity contribution in [3.05, 3.63) is 88.8 Å². The van der Waals surface area contributed by atoms with Crippen LogP contribution in [0.5, 0.6) is 0 Å². The van der Waals surface area contributed by atoms with Gasteiger partial charge in [-0.2, -0.15) is 0 Å². The van der Waals surface area contributed by atoms with E-state index in [9.17, 15) is 18.0 Å². The van der Waals surface area contributed by atoms with Gasteiger partial charge in [-0.1, -0.05) is 49.4 Å². The molecule has 4 aromatic rings. The van der Waals surface area contributed by atoms with Crippen molar-refractivity contribution < 1.29 is 22.7 Å². The molecule has 0 aliphatic carbocycles. The van der Waals surface area contributed by atoms with E-state index in [0.29, 0.717) is 11.4 Å². The van der Waals surface area contributed by atoms with Crippen LogP contribution in [0.3, 0.4) is 0 Å². The molecule has 35 heavy (non-hydrogen) atoms. The Morgan fingerprint density at radius 1 is 0.886 bits per heavy atom. The van der Waals surface area contributed by atoms with Crippen molar-refractivity contribution in [2.24, 2.45) is 0 Å². The normalized spacial score (nSPS) is 11.3. The molecule has 0 radical (unpaired) electrons. The van der Waals surface area contributed by atoms with Crippen LogP contribution >= 0.6 is 11.3 Å². The molecule has 0 atom stereocenters. The highest BCUT2D eigenvalue weighted by Gasteiger charge is 2.23. The lowest BCUT2D eigenvalue weighted by atomic mass is 10.0. The van der Waals surface area contributed by atoms with E-state index >= 15 is 0 Å². The number of fused-ring (bicyclic) bond motifs is 1. The standard InChI is InChI=1S/C26H24N2O5S2/c1-3-19-16-22(26(30)33-4-2)25(34-19)27-24(29)21-14-17-10-8-9-11-18(17)15-23(21)28-35(31,32)20-12-6-5-7-13-20/h5-16,28H,3-4H2,1-2H3,(H,27,29). The van der Waals surface area contributed by atoms with Crippen molar-refractivity contribution in [2.75, 3.05) is 16.6 Å². The first kappa shape index (κ1) is 24.4. The van der Waals surface area contributed by atoms with Crippen LogP contribution in [0.15, 0.2) is 77.7 Å². The van der Waals surface area contributed by atoms with Gasteiger partial charge in [-0.05, 0) is 54.4 Å². The second-order valence-corrected chi connectivity index (χ2v) is 10.5. The molecule has 2 N–H and O–H groups in total. The minimum absolute atomic E-state index is 0.0787. The first-order valence-electron chi connectivity index (χ1n) is 11.0. The maximum absolute atomic E-state index is 13.4. The van der Waals surface area contributed by atoms with E-state index in [-0.39, 0.29) is 28.3 Å². The molecular formula is C26H24N2O5S2. The molecule has 0 bridgehead atoms. The van der Waals surface area contributed by atoms with E-state index in [1.807, 2.05) is 31.2 Å². The smallest absolute Gasteiger partial charge is 0.341 e. The Balaban J connectivity index is 1.75. The Kier molecular flexibility index (Phi) is 7.18. The molecule has 1 amide bonds. The number of nitrogens with one attached hydrogen (secondary N) is 2. The first-order chi connectivity index (χ1) is 16.8. The summed E-state index contributed by atoms with van der Waals surface area (Å²) in [5.41, 5.74) is 0.536. The Labute approximate surface area is 207 Å². The molecule has 3 aromatic carbocycles. The molecule has 0 fully saturated rings. The van der Waals surface area contributed by atoms with Gasteiger partial charge in [0.1, 0.15) is 5.00 Å². The Hall–Kier alpha value is -3.69. The summed E-state index contributed by atoms with van der Waals surface area (Å²) in [5.74, 6) is -1.07. The van der Waals surface area contributed by atoms with Crippen LogP contribution in [0.4, 0.5) is 10.7 Å². The summed E-state index contributed by atoms with van der Waals surface area (Å²) in [6, 6.07) is 20.2. The first-order valence-corrected chi connectivity index (χ1v) is 13.3. The molecular weight excluding hydrogens is 484 g/mol. The van der Waals surface area contributed by atoms with Crippen molar-refractivity contribution in [3.8, 4) is 0 Å². The number of esters is 1. The summed E-state index contributed by atoms with van der Waals surface area (Å²) in [7, 11) is -3.94. The molecule has 0 saturated heterocycles. The number of ether oxygens (including phenoxy) is 1. The molecule has 0 unspecified atom stereocenters. The molecule has 0 saturated carbocycles. The summed E-state index contributed by atoms with van der Waals surface area (Å²) in [4.78, 5) is 26.9. The largest absolute Gasteiger partial charge is 0.462 e. The number of benzene rings is 3. The number of thiophene rings is 1. The predicted molar refractivity (Wildman–Crippen MR) is 139 cm³/mol. The van der Waals surface area contributed by atoms with E-state index in [1.54, 1.807) is 43.3 Å². The Bertz CT molecular complexity index is 1490. The van der Waals surface area contributed by atoms with Crippen LogP contribution in [-0.4, -0.2) is 26.9 Å². The van der Waals surface area contributed by atoms with Gasteiger partial charge in [0.25, 0.3) is 15.9 Å². The molecule has 180 valence electrons.